The summed E-state index contributed by atoms with van der Waals surface area (Å²) in [7, 11) is 0. The third-order valence-electron chi connectivity index (χ3n) is 3.43. The monoisotopic (exact) mass is 261 g/mol. The maximum Gasteiger partial charge on any atom is 0.217 e. The topological polar surface area (TPSA) is 70.1 Å². The summed E-state index contributed by atoms with van der Waals surface area (Å²) in [5.74, 6) is -0.500. The van der Waals surface area contributed by atoms with Gasteiger partial charge in [0.05, 0.1) is 11.3 Å². The molecule has 1 heterocycles. The summed E-state index contributed by atoms with van der Waals surface area (Å²) in [6.07, 6.45) is 2.27. The second kappa shape index (κ2) is 5.70. The Morgan fingerprint density at radius 2 is 2.37 bits per heavy atom. The SMILES string of the molecule is N#Cc1cc(F)ccc1N1CCC[C@@H](CC(N)=O)C1. The number of nitrogens with zero attached hydrogens (tertiary/aromatic N) is 2. The van der Waals surface area contributed by atoms with Gasteiger partial charge in [-0.2, -0.15) is 5.26 Å². The quantitative estimate of drug-likeness (QED) is 0.901. The molecule has 1 aromatic rings. The molecular weight excluding hydrogens is 245 g/mol. The van der Waals surface area contributed by atoms with Crippen LogP contribution in [-0.2, 0) is 4.79 Å². The van der Waals surface area contributed by atoms with Gasteiger partial charge >= 0.3 is 0 Å². The molecule has 0 unspecified atom stereocenters. The van der Waals surface area contributed by atoms with Gasteiger partial charge in [-0.05, 0) is 37.0 Å². The third kappa shape index (κ3) is 3.22. The molecule has 1 amide bonds. The molecule has 1 saturated heterocycles. The first-order valence-corrected chi connectivity index (χ1v) is 6.33. The number of carbonyl (C=O) groups is 1. The molecule has 1 aliphatic rings. The molecule has 2 N–H and O–H groups in total. The second-order valence-electron chi connectivity index (χ2n) is 4.90. The van der Waals surface area contributed by atoms with Gasteiger partial charge in [0.1, 0.15) is 11.9 Å². The number of primary amides is 1. The van der Waals surface area contributed by atoms with E-state index in [0.29, 0.717) is 18.5 Å². The van der Waals surface area contributed by atoms with Gasteiger partial charge in [-0.15, -0.1) is 0 Å². The normalized spacial score (nSPS) is 18.9. The maximum atomic E-state index is 13.1. The van der Waals surface area contributed by atoms with Gasteiger partial charge in [-0.25, -0.2) is 4.39 Å². The molecule has 19 heavy (non-hydrogen) atoms. The van der Waals surface area contributed by atoms with Crippen LogP contribution in [0.25, 0.3) is 0 Å². The highest BCUT2D eigenvalue weighted by Gasteiger charge is 2.23. The molecule has 0 spiro atoms. The molecule has 0 aliphatic carbocycles. The first-order valence-electron chi connectivity index (χ1n) is 6.33. The van der Waals surface area contributed by atoms with Crippen molar-refractivity contribution in [2.24, 2.45) is 11.7 Å². The van der Waals surface area contributed by atoms with Crippen LogP contribution in [0.15, 0.2) is 18.2 Å². The van der Waals surface area contributed by atoms with Crippen LogP contribution in [0.2, 0.25) is 0 Å². The summed E-state index contributed by atoms with van der Waals surface area (Å²) in [5.41, 5.74) is 6.29. The van der Waals surface area contributed by atoms with E-state index in [9.17, 15) is 9.18 Å². The van der Waals surface area contributed by atoms with Crippen LogP contribution < -0.4 is 10.6 Å². The number of amides is 1. The summed E-state index contributed by atoms with van der Waals surface area (Å²) in [4.78, 5) is 13.0. The van der Waals surface area contributed by atoms with Crippen molar-refractivity contribution in [3.8, 4) is 6.07 Å². The van der Waals surface area contributed by atoms with Gasteiger partial charge in [0.25, 0.3) is 0 Å². The van der Waals surface area contributed by atoms with Gasteiger partial charge in [0.2, 0.25) is 5.91 Å². The average Bonchev–Trinajstić information content (AvgIpc) is 2.38. The van der Waals surface area contributed by atoms with Crippen molar-refractivity contribution >= 4 is 11.6 Å². The number of halogens is 1. The number of benzene rings is 1. The van der Waals surface area contributed by atoms with E-state index in [-0.39, 0.29) is 11.8 Å². The van der Waals surface area contributed by atoms with E-state index in [1.54, 1.807) is 6.07 Å². The number of rotatable bonds is 3. The van der Waals surface area contributed by atoms with E-state index in [4.69, 9.17) is 11.0 Å². The lowest BCUT2D eigenvalue weighted by molar-refractivity contribution is -0.118. The highest BCUT2D eigenvalue weighted by atomic mass is 19.1. The molecule has 2 rings (SSSR count). The number of carbonyl (C=O) groups excluding carboxylic acids is 1. The minimum Gasteiger partial charge on any atom is -0.370 e. The van der Waals surface area contributed by atoms with Crippen LogP contribution >= 0.6 is 0 Å². The summed E-state index contributed by atoms with van der Waals surface area (Å²) < 4.78 is 13.1. The van der Waals surface area contributed by atoms with Crippen LogP contribution in [-0.4, -0.2) is 19.0 Å². The standard InChI is InChI=1S/C14H16FN3O/c15-12-3-4-13(11(7-12)8-16)18-5-1-2-10(9-18)6-14(17)19/h3-4,7,10H,1-2,5-6,9H2,(H2,17,19)/t10-/m0/s1. The highest BCUT2D eigenvalue weighted by Crippen LogP contribution is 2.27. The molecule has 1 atom stereocenters. The van der Waals surface area contributed by atoms with Gasteiger partial charge in [-0.1, -0.05) is 0 Å². The largest absolute Gasteiger partial charge is 0.370 e. The number of nitriles is 1. The number of nitrogens with two attached hydrogens (primary N) is 1. The minimum absolute atomic E-state index is 0.211. The van der Waals surface area contributed by atoms with Crippen molar-refractivity contribution in [1.82, 2.24) is 0 Å². The van der Waals surface area contributed by atoms with E-state index < -0.39 is 5.82 Å². The van der Waals surface area contributed by atoms with Crippen molar-refractivity contribution in [1.29, 1.82) is 5.26 Å². The maximum absolute atomic E-state index is 13.1. The Hall–Kier alpha value is -2.09. The van der Waals surface area contributed by atoms with E-state index in [2.05, 4.69) is 0 Å². The minimum atomic E-state index is -0.411. The van der Waals surface area contributed by atoms with Gasteiger partial charge in [0, 0.05) is 19.5 Å². The molecule has 1 aromatic carbocycles. The van der Waals surface area contributed by atoms with Crippen LogP contribution in [0.1, 0.15) is 24.8 Å². The van der Waals surface area contributed by atoms with Crippen LogP contribution in [0.4, 0.5) is 10.1 Å². The smallest absolute Gasteiger partial charge is 0.217 e. The number of hydrogen-bond acceptors (Lipinski definition) is 3. The van der Waals surface area contributed by atoms with E-state index >= 15 is 0 Å². The fourth-order valence-electron chi connectivity index (χ4n) is 2.61. The molecule has 1 fully saturated rings. The molecule has 0 radical (unpaired) electrons. The Bertz CT molecular complexity index is 524. The van der Waals surface area contributed by atoms with E-state index in [0.717, 1.165) is 25.1 Å². The lowest BCUT2D eigenvalue weighted by Gasteiger charge is -2.34. The number of anilines is 1. The van der Waals surface area contributed by atoms with Crippen molar-refractivity contribution in [3.63, 3.8) is 0 Å². The Kier molecular flexibility index (Phi) is 4.00. The predicted molar refractivity (Wildman–Crippen MR) is 69.9 cm³/mol. The molecule has 100 valence electrons. The average molecular weight is 261 g/mol. The van der Waals surface area contributed by atoms with Crippen molar-refractivity contribution in [3.05, 3.63) is 29.6 Å². The highest BCUT2D eigenvalue weighted by molar-refractivity contribution is 5.74. The molecule has 4 nitrogen and oxygen atoms in total. The first kappa shape index (κ1) is 13.3. The summed E-state index contributed by atoms with van der Waals surface area (Å²) in [5, 5.41) is 9.07. The van der Waals surface area contributed by atoms with Gasteiger partial charge in [0.15, 0.2) is 0 Å². The lowest BCUT2D eigenvalue weighted by Crippen LogP contribution is -2.37. The van der Waals surface area contributed by atoms with E-state index in [1.165, 1.54) is 12.1 Å². The van der Waals surface area contributed by atoms with E-state index in [1.807, 2.05) is 11.0 Å². The zero-order chi connectivity index (χ0) is 13.8. The fourth-order valence-corrected chi connectivity index (χ4v) is 2.61. The van der Waals surface area contributed by atoms with Crippen LogP contribution in [0, 0.1) is 23.1 Å². The fraction of sp³-hybridized carbons (Fsp3) is 0.429. The van der Waals surface area contributed by atoms with Crippen LogP contribution in [0.5, 0.6) is 0 Å². The van der Waals surface area contributed by atoms with Gasteiger partial charge < -0.3 is 10.6 Å². The third-order valence-corrected chi connectivity index (χ3v) is 3.43. The van der Waals surface area contributed by atoms with Crippen molar-refractivity contribution in [2.45, 2.75) is 19.3 Å². The first-order chi connectivity index (χ1) is 9.10. The Morgan fingerprint density at radius 1 is 1.58 bits per heavy atom. The molecule has 1 aliphatic heterocycles. The summed E-state index contributed by atoms with van der Waals surface area (Å²) in [6, 6.07) is 6.24. The molecule has 5 heteroatoms. The van der Waals surface area contributed by atoms with Crippen molar-refractivity contribution in [2.75, 3.05) is 18.0 Å². The summed E-state index contributed by atoms with van der Waals surface area (Å²) in [6.45, 7) is 1.50. The second-order valence-corrected chi connectivity index (χ2v) is 4.90. The zero-order valence-electron chi connectivity index (χ0n) is 10.6. The van der Waals surface area contributed by atoms with Crippen LogP contribution in [0.3, 0.4) is 0 Å². The Labute approximate surface area is 111 Å². The zero-order valence-corrected chi connectivity index (χ0v) is 10.6. The predicted octanol–water partition coefficient (Wildman–Crippen LogP) is 1.79. The Balaban J connectivity index is 2.17. The number of hydrogen-bond donors (Lipinski definition) is 1. The molecular formula is C14H16FN3O. The molecule has 0 bridgehead atoms. The van der Waals surface area contributed by atoms with Gasteiger partial charge in [-0.3, -0.25) is 4.79 Å². The lowest BCUT2D eigenvalue weighted by atomic mass is 9.93. The molecule has 0 saturated carbocycles. The Morgan fingerprint density at radius 3 is 3.05 bits per heavy atom. The number of piperidine rings is 1. The summed E-state index contributed by atoms with van der Waals surface area (Å²) >= 11 is 0. The van der Waals surface area contributed by atoms with Crippen molar-refractivity contribution < 1.29 is 9.18 Å². The molecule has 0 aromatic heterocycles.